The normalized spacial score (nSPS) is 11.8. The molecule has 0 aliphatic rings. The molecule has 0 spiro atoms. The van der Waals surface area contributed by atoms with Crippen LogP contribution in [-0.2, 0) is 11.3 Å². The van der Waals surface area contributed by atoms with Gasteiger partial charge in [0, 0.05) is 10.0 Å². The van der Waals surface area contributed by atoms with Crippen molar-refractivity contribution < 1.29 is 14.1 Å². The first-order valence-electron chi connectivity index (χ1n) is 7.70. The van der Waals surface area contributed by atoms with Crippen LogP contribution in [-0.4, -0.2) is 22.2 Å². The predicted molar refractivity (Wildman–Crippen MR) is 95.8 cm³/mol. The number of aromatic nitrogens is 2. The molecule has 1 amide bonds. The van der Waals surface area contributed by atoms with Crippen molar-refractivity contribution in [2.75, 3.05) is 0 Å². The molecule has 0 aliphatic heterocycles. The third-order valence-electron chi connectivity index (χ3n) is 3.41. The second-order valence-electron chi connectivity index (χ2n) is 5.31. The number of amides is 1. The van der Waals surface area contributed by atoms with Gasteiger partial charge in [-0.3, -0.25) is 4.79 Å². The van der Waals surface area contributed by atoms with Crippen LogP contribution >= 0.6 is 15.9 Å². The number of nitrogens with one attached hydrogen (secondary N) is 1. The molecule has 0 fully saturated rings. The summed E-state index contributed by atoms with van der Waals surface area (Å²) in [4.78, 5) is 16.4. The monoisotopic (exact) mass is 401 g/mol. The molecule has 1 N–H and O–H groups in total. The average Bonchev–Trinajstić information content (AvgIpc) is 3.11. The lowest BCUT2D eigenvalue weighted by molar-refractivity contribution is -0.127. The number of rotatable bonds is 6. The number of carbonyl (C=O) groups excluding carboxylic acids is 1. The molecule has 3 rings (SSSR count). The lowest BCUT2D eigenvalue weighted by Crippen LogP contribution is -2.35. The number of hydrogen-bond donors (Lipinski definition) is 1. The maximum absolute atomic E-state index is 12.1. The predicted octanol–water partition coefficient (Wildman–Crippen LogP) is 3.58. The lowest BCUT2D eigenvalue weighted by Gasteiger charge is -2.13. The fraction of sp³-hybridized carbons (Fsp3) is 0.167. The van der Waals surface area contributed by atoms with Gasteiger partial charge in [-0.05, 0) is 31.2 Å². The lowest BCUT2D eigenvalue weighted by atomic mass is 10.2. The quantitative estimate of drug-likeness (QED) is 0.682. The van der Waals surface area contributed by atoms with Crippen LogP contribution in [0.15, 0.2) is 63.6 Å². The molecule has 6 nitrogen and oxygen atoms in total. The molecular formula is C18H16BrN3O3. The highest BCUT2D eigenvalue weighted by Crippen LogP contribution is 2.17. The summed E-state index contributed by atoms with van der Waals surface area (Å²) in [6, 6.07) is 16.8. The van der Waals surface area contributed by atoms with E-state index >= 15 is 0 Å². The summed E-state index contributed by atoms with van der Waals surface area (Å²) in [7, 11) is 0. The third-order valence-corrected chi connectivity index (χ3v) is 3.94. The van der Waals surface area contributed by atoms with Gasteiger partial charge in [0.1, 0.15) is 5.75 Å². The van der Waals surface area contributed by atoms with Crippen molar-refractivity contribution in [3.8, 4) is 17.1 Å². The minimum atomic E-state index is -0.641. The van der Waals surface area contributed by atoms with Crippen LogP contribution in [0.3, 0.4) is 0 Å². The van der Waals surface area contributed by atoms with Crippen LogP contribution in [0.2, 0.25) is 0 Å². The van der Waals surface area contributed by atoms with Gasteiger partial charge < -0.3 is 14.6 Å². The van der Waals surface area contributed by atoms with Crippen molar-refractivity contribution in [2.24, 2.45) is 0 Å². The summed E-state index contributed by atoms with van der Waals surface area (Å²) in [6.07, 6.45) is -0.641. The number of hydrogen-bond acceptors (Lipinski definition) is 5. The first kappa shape index (κ1) is 17.2. The van der Waals surface area contributed by atoms with Crippen LogP contribution in [0.1, 0.15) is 12.8 Å². The molecule has 128 valence electrons. The van der Waals surface area contributed by atoms with Crippen LogP contribution in [0.5, 0.6) is 5.75 Å². The van der Waals surface area contributed by atoms with Crippen molar-refractivity contribution in [1.29, 1.82) is 0 Å². The summed E-state index contributed by atoms with van der Waals surface area (Å²) in [5.41, 5.74) is 0.857. The Morgan fingerprint density at radius 3 is 2.64 bits per heavy atom. The second kappa shape index (κ2) is 7.94. The number of benzene rings is 2. The van der Waals surface area contributed by atoms with E-state index in [-0.39, 0.29) is 12.5 Å². The molecule has 25 heavy (non-hydrogen) atoms. The number of nitrogens with zero attached hydrogens (tertiary/aromatic N) is 2. The topological polar surface area (TPSA) is 77.2 Å². The van der Waals surface area contributed by atoms with Crippen molar-refractivity contribution in [1.82, 2.24) is 15.5 Å². The summed E-state index contributed by atoms with van der Waals surface area (Å²) in [5, 5.41) is 6.64. The van der Waals surface area contributed by atoms with Gasteiger partial charge in [0.2, 0.25) is 11.7 Å². The van der Waals surface area contributed by atoms with Gasteiger partial charge in [0.05, 0.1) is 6.54 Å². The van der Waals surface area contributed by atoms with Gasteiger partial charge >= 0.3 is 0 Å². The summed E-state index contributed by atoms with van der Waals surface area (Å²) < 4.78 is 11.7. The number of ether oxygens (including phenoxy) is 1. The zero-order valence-electron chi connectivity index (χ0n) is 13.5. The molecule has 0 bridgehead atoms. The Labute approximate surface area is 153 Å². The molecule has 2 aromatic carbocycles. The zero-order valence-corrected chi connectivity index (χ0v) is 15.1. The largest absolute Gasteiger partial charge is 0.481 e. The fourth-order valence-electron chi connectivity index (χ4n) is 2.11. The van der Waals surface area contributed by atoms with E-state index in [1.165, 1.54) is 0 Å². The van der Waals surface area contributed by atoms with Crippen molar-refractivity contribution in [3.05, 3.63) is 65.0 Å². The van der Waals surface area contributed by atoms with Crippen LogP contribution < -0.4 is 10.1 Å². The molecule has 0 aliphatic carbocycles. The molecule has 1 aromatic heterocycles. The van der Waals surface area contributed by atoms with Crippen LogP contribution in [0.4, 0.5) is 0 Å². The molecule has 0 radical (unpaired) electrons. The van der Waals surface area contributed by atoms with E-state index in [0.717, 1.165) is 10.0 Å². The maximum atomic E-state index is 12.1. The van der Waals surface area contributed by atoms with Gasteiger partial charge in [-0.15, -0.1) is 0 Å². The summed E-state index contributed by atoms with van der Waals surface area (Å²) in [6.45, 7) is 1.83. The van der Waals surface area contributed by atoms with Gasteiger partial charge in [-0.2, -0.15) is 4.98 Å². The zero-order chi connectivity index (χ0) is 17.6. The minimum absolute atomic E-state index is 0.146. The second-order valence-corrected chi connectivity index (χ2v) is 6.23. The molecule has 1 atom stereocenters. The van der Waals surface area contributed by atoms with E-state index in [1.54, 1.807) is 19.1 Å². The van der Waals surface area contributed by atoms with Gasteiger partial charge in [0.25, 0.3) is 5.91 Å². The number of carbonyl (C=O) groups is 1. The van der Waals surface area contributed by atoms with E-state index in [4.69, 9.17) is 9.26 Å². The Bertz CT molecular complexity index is 834. The molecule has 7 heteroatoms. The molecule has 1 heterocycles. The highest BCUT2D eigenvalue weighted by atomic mass is 79.9. The van der Waals surface area contributed by atoms with E-state index in [1.807, 2.05) is 42.5 Å². The van der Waals surface area contributed by atoms with Gasteiger partial charge in [-0.25, -0.2) is 0 Å². The fourth-order valence-corrected chi connectivity index (χ4v) is 2.37. The molecule has 0 saturated carbocycles. The van der Waals surface area contributed by atoms with Crippen LogP contribution in [0, 0.1) is 0 Å². The van der Waals surface area contributed by atoms with Crippen LogP contribution in [0.25, 0.3) is 11.4 Å². The van der Waals surface area contributed by atoms with E-state index < -0.39 is 6.10 Å². The van der Waals surface area contributed by atoms with Crippen molar-refractivity contribution in [2.45, 2.75) is 19.6 Å². The van der Waals surface area contributed by atoms with E-state index in [9.17, 15) is 4.79 Å². The minimum Gasteiger partial charge on any atom is -0.481 e. The summed E-state index contributed by atoms with van der Waals surface area (Å²) in [5.74, 6) is 1.18. The number of halogens is 1. The Hall–Kier alpha value is -2.67. The Balaban J connectivity index is 1.53. The van der Waals surface area contributed by atoms with E-state index in [2.05, 4.69) is 31.4 Å². The highest BCUT2D eigenvalue weighted by molar-refractivity contribution is 9.10. The first-order valence-corrected chi connectivity index (χ1v) is 8.49. The SMILES string of the molecule is C[C@@H](Oc1ccc(Br)cc1)C(=O)NCc1nc(-c2ccccc2)no1. The third kappa shape index (κ3) is 4.67. The Kier molecular flexibility index (Phi) is 5.45. The van der Waals surface area contributed by atoms with E-state index in [0.29, 0.717) is 17.5 Å². The first-order chi connectivity index (χ1) is 12.1. The standard InChI is InChI=1S/C18H16BrN3O3/c1-12(24-15-9-7-14(19)8-10-15)18(23)20-11-16-21-17(22-25-16)13-5-3-2-4-6-13/h2-10,12H,11H2,1H3,(H,20,23)/t12-/m1/s1. The highest BCUT2D eigenvalue weighted by Gasteiger charge is 2.16. The Morgan fingerprint density at radius 2 is 1.92 bits per heavy atom. The van der Waals surface area contributed by atoms with Gasteiger partial charge in [-0.1, -0.05) is 51.4 Å². The van der Waals surface area contributed by atoms with Crippen molar-refractivity contribution >= 4 is 21.8 Å². The van der Waals surface area contributed by atoms with Crippen molar-refractivity contribution in [3.63, 3.8) is 0 Å². The molecule has 0 unspecified atom stereocenters. The molecule has 0 saturated heterocycles. The molecule has 3 aromatic rings. The maximum Gasteiger partial charge on any atom is 0.261 e. The summed E-state index contributed by atoms with van der Waals surface area (Å²) >= 11 is 3.35. The smallest absolute Gasteiger partial charge is 0.261 e. The van der Waals surface area contributed by atoms with Gasteiger partial charge in [0.15, 0.2) is 6.10 Å². The average molecular weight is 402 g/mol. The Morgan fingerprint density at radius 1 is 1.20 bits per heavy atom. The molecular weight excluding hydrogens is 386 g/mol.